The number of rotatable bonds is 7. The first-order valence-electron chi connectivity index (χ1n) is 7.23. The number of nitrogens with one attached hydrogen (secondary N) is 1. The zero-order valence-electron chi connectivity index (χ0n) is 12.1. The lowest BCUT2D eigenvalue weighted by Crippen LogP contribution is -2.24. The van der Waals surface area contributed by atoms with Gasteiger partial charge in [-0.3, -0.25) is 0 Å². The molecule has 0 saturated heterocycles. The van der Waals surface area contributed by atoms with Crippen molar-refractivity contribution in [2.45, 2.75) is 39.3 Å². The molecule has 1 N–H and O–H groups in total. The van der Waals surface area contributed by atoms with Crippen molar-refractivity contribution in [3.63, 3.8) is 0 Å². The van der Waals surface area contributed by atoms with Gasteiger partial charge in [-0.05, 0) is 53.3 Å². The minimum Gasteiger partial charge on any atom is -0.335 e. The average molecular weight is 383 g/mol. The van der Waals surface area contributed by atoms with Gasteiger partial charge in [0, 0.05) is 35.0 Å². The number of nitrogens with zero attached hydrogens (tertiary/aromatic N) is 2. The molecule has 1 heterocycles. The van der Waals surface area contributed by atoms with E-state index in [-0.39, 0.29) is 0 Å². The summed E-state index contributed by atoms with van der Waals surface area (Å²) in [5.41, 5.74) is 1.34. The summed E-state index contributed by atoms with van der Waals surface area (Å²) in [5, 5.41) is 3.58. The molecular formula is C16H22IN3. The molecule has 1 aromatic carbocycles. The Balaban J connectivity index is 2.18. The van der Waals surface area contributed by atoms with Crippen LogP contribution in [0.15, 0.2) is 36.7 Å². The maximum absolute atomic E-state index is 4.53. The number of likely N-dealkylation sites (N-methyl/N-ethyl adjacent to an activating group) is 1. The SMILES string of the molecule is CCCn1ccnc1CC(NCC)c1cccc(I)c1. The first-order valence-corrected chi connectivity index (χ1v) is 8.31. The molecule has 0 fully saturated rings. The van der Waals surface area contributed by atoms with Crippen molar-refractivity contribution in [3.05, 3.63) is 51.6 Å². The molecule has 1 atom stereocenters. The smallest absolute Gasteiger partial charge is 0.110 e. The minimum atomic E-state index is 0.327. The van der Waals surface area contributed by atoms with Crippen LogP contribution in [0.4, 0.5) is 0 Å². The van der Waals surface area contributed by atoms with Crippen molar-refractivity contribution in [2.75, 3.05) is 6.54 Å². The van der Waals surface area contributed by atoms with Gasteiger partial charge in [0.1, 0.15) is 5.82 Å². The Labute approximate surface area is 134 Å². The molecule has 0 spiro atoms. The molecule has 108 valence electrons. The Bertz CT molecular complexity index is 536. The Kier molecular flexibility index (Phi) is 6.04. The normalized spacial score (nSPS) is 12.6. The zero-order valence-corrected chi connectivity index (χ0v) is 14.3. The number of imidazole rings is 1. The third-order valence-electron chi connectivity index (χ3n) is 3.35. The van der Waals surface area contributed by atoms with E-state index < -0.39 is 0 Å². The van der Waals surface area contributed by atoms with Crippen molar-refractivity contribution in [1.82, 2.24) is 14.9 Å². The number of aryl methyl sites for hydroxylation is 1. The number of halogens is 1. The summed E-state index contributed by atoms with van der Waals surface area (Å²) in [6, 6.07) is 9.03. The van der Waals surface area contributed by atoms with Gasteiger partial charge in [-0.1, -0.05) is 26.0 Å². The fourth-order valence-corrected chi connectivity index (χ4v) is 3.00. The largest absolute Gasteiger partial charge is 0.335 e. The number of hydrogen-bond acceptors (Lipinski definition) is 2. The molecule has 4 heteroatoms. The number of aromatic nitrogens is 2. The van der Waals surface area contributed by atoms with E-state index in [2.05, 4.69) is 81.8 Å². The monoisotopic (exact) mass is 383 g/mol. The molecule has 1 aromatic heterocycles. The fourth-order valence-electron chi connectivity index (χ4n) is 2.43. The summed E-state index contributed by atoms with van der Waals surface area (Å²) in [5.74, 6) is 1.16. The molecule has 20 heavy (non-hydrogen) atoms. The van der Waals surface area contributed by atoms with E-state index in [4.69, 9.17) is 0 Å². The summed E-state index contributed by atoms with van der Waals surface area (Å²) in [6.45, 7) is 6.36. The third kappa shape index (κ3) is 4.06. The minimum absolute atomic E-state index is 0.327. The Morgan fingerprint density at radius 2 is 2.20 bits per heavy atom. The molecule has 0 aliphatic heterocycles. The molecule has 0 aliphatic rings. The van der Waals surface area contributed by atoms with Crippen LogP contribution in [-0.2, 0) is 13.0 Å². The Morgan fingerprint density at radius 3 is 2.90 bits per heavy atom. The summed E-state index contributed by atoms with van der Waals surface area (Å²) in [7, 11) is 0. The predicted molar refractivity (Wildman–Crippen MR) is 91.8 cm³/mol. The highest BCUT2D eigenvalue weighted by Crippen LogP contribution is 2.20. The molecule has 0 amide bonds. The van der Waals surface area contributed by atoms with Gasteiger partial charge < -0.3 is 9.88 Å². The number of hydrogen-bond donors (Lipinski definition) is 1. The standard InChI is InChI=1S/C16H22IN3/c1-3-9-20-10-8-19-16(20)12-15(18-4-2)13-6-5-7-14(17)11-13/h5-8,10-11,15,18H,3-4,9,12H2,1-2H3. The summed E-state index contributed by atoms with van der Waals surface area (Å²) in [6.07, 6.45) is 6.05. The van der Waals surface area contributed by atoms with Crippen LogP contribution in [-0.4, -0.2) is 16.1 Å². The van der Waals surface area contributed by atoms with Crippen molar-refractivity contribution < 1.29 is 0 Å². The van der Waals surface area contributed by atoms with Crippen molar-refractivity contribution in [1.29, 1.82) is 0 Å². The lowest BCUT2D eigenvalue weighted by Gasteiger charge is -2.19. The van der Waals surface area contributed by atoms with Crippen LogP contribution in [0.1, 0.15) is 37.7 Å². The lowest BCUT2D eigenvalue weighted by molar-refractivity contribution is 0.516. The highest BCUT2D eigenvalue weighted by molar-refractivity contribution is 14.1. The highest BCUT2D eigenvalue weighted by atomic mass is 127. The fraction of sp³-hybridized carbons (Fsp3) is 0.438. The third-order valence-corrected chi connectivity index (χ3v) is 4.03. The molecule has 2 rings (SSSR count). The van der Waals surface area contributed by atoms with E-state index in [9.17, 15) is 0 Å². The molecular weight excluding hydrogens is 361 g/mol. The second-order valence-corrected chi connectivity index (χ2v) is 6.15. The first-order chi connectivity index (χ1) is 9.74. The van der Waals surface area contributed by atoms with Crippen LogP contribution in [0, 0.1) is 3.57 Å². The molecule has 2 aromatic rings. The summed E-state index contributed by atoms with van der Waals surface area (Å²) >= 11 is 2.37. The molecule has 0 radical (unpaired) electrons. The molecule has 1 unspecified atom stereocenters. The molecule has 0 bridgehead atoms. The zero-order chi connectivity index (χ0) is 14.4. The van der Waals surface area contributed by atoms with E-state index in [1.54, 1.807) is 0 Å². The van der Waals surface area contributed by atoms with Gasteiger partial charge in [-0.2, -0.15) is 0 Å². The predicted octanol–water partition coefficient (Wildman–Crippen LogP) is 3.79. The maximum atomic E-state index is 4.53. The van der Waals surface area contributed by atoms with Gasteiger partial charge in [0.15, 0.2) is 0 Å². The van der Waals surface area contributed by atoms with Crippen LogP contribution < -0.4 is 5.32 Å². The van der Waals surface area contributed by atoms with Gasteiger partial charge in [0.05, 0.1) is 0 Å². The summed E-state index contributed by atoms with van der Waals surface area (Å²) < 4.78 is 3.54. The van der Waals surface area contributed by atoms with Crippen LogP contribution in [0.5, 0.6) is 0 Å². The topological polar surface area (TPSA) is 29.9 Å². The van der Waals surface area contributed by atoms with E-state index in [0.29, 0.717) is 6.04 Å². The highest BCUT2D eigenvalue weighted by Gasteiger charge is 2.14. The van der Waals surface area contributed by atoms with Gasteiger partial charge in [-0.15, -0.1) is 0 Å². The van der Waals surface area contributed by atoms with Crippen molar-refractivity contribution in [3.8, 4) is 0 Å². The van der Waals surface area contributed by atoms with E-state index in [1.807, 2.05) is 6.20 Å². The second kappa shape index (κ2) is 7.78. The quantitative estimate of drug-likeness (QED) is 0.738. The maximum Gasteiger partial charge on any atom is 0.110 e. The Morgan fingerprint density at radius 1 is 1.35 bits per heavy atom. The van der Waals surface area contributed by atoms with Crippen molar-refractivity contribution in [2.24, 2.45) is 0 Å². The van der Waals surface area contributed by atoms with Gasteiger partial charge >= 0.3 is 0 Å². The van der Waals surface area contributed by atoms with Gasteiger partial charge in [0.25, 0.3) is 0 Å². The number of benzene rings is 1. The Hall–Kier alpha value is -0.880. The molecule has 3 nitrogen and oxygen atoms in total. The van der Waals surface area contributed by atoms with Crippen LogP contribution in [0.3, 0.4) is 0 Å². The molecule has 0 aliphatic carbocycles. The molecule has 0 saturated carbocycles. The van der Waals surface area contributed by atoms with Crippen LogP contribution in [0.2, 0.25) is 0 Å². The average Bonchev–Trinajstić information content (AvgIpc) is 2.86. The van der Waals surface area contributed by atoms with E-state index in [1.165, 1.54) is 9.13 Å². The van der Waals surface area contributed by atoms with E-state index >= 15 is 0 Å². The van der Waals surface area contributed by atoms with Crippen LogP contribution >= 0.6 is 22.6 Å². The first kappa shape index (κ1) is 15.5. The second-order valence-electron chi connectivity index (χ2n) is 4.91. The lowest BCUT2D eigenvalue weighted by atomic mass is 10.0. The van der Waals surface area contributed by atoms with Gasteiger partial charge in [0.2, 0.25) is 0 Å². The van der Waals surface area contributed by atoms with Gasteiger partial charge in [-0.25, -0.2) is 4.98 Å². The van der Waals surface area contributed by atoms with Crippen LogP contribution in [0.25, 0.3) is 0 Å². The van der Waals surface area contributed by atoms with Crippen molar-refractivity contribution >= 4 is 22.6 Å². The van der Waals surface area contributed by atoms with E-state index in [0.717, 1.165) is 31.8 Å². The summed E-state index contributed by atoms with van der Waals surface area (Å²) in [4.78, 5) is 4.53.